The Hall–Kier alpha value is -0.820. The van der Waals surface area contributed by atoms with Gasteiger partial charge in [0.2, 0.25) is 0 Å². The molecule has 0 aliphatic carbocycles. The van der Waals surface area contributed by atoms with Gasteiger partial charge in [-0.3, -0.25) is 0 Å². The highest BCUT2D eigenvalue weighted by atomic mass is 127. The number of fused-ring (bicyclic) bond motifs is 3. The summed E-state index contributed by atoms with van der Waals surface area (Å²) in [6, 6.07) is 0. The number of ether oxygens (including phenoxy) is 1. The minimum absolute atomic E-state index is 0.165. The lowest BCUT2D eigenvalue weighted by atomic mass is 10.1. The Morgan fingerprint density at radius 1 is 1.29 bits per heavy atom. The van der Waals surface area contributed by atoms with E-state index in [1.165, 1.54) is 14.2 Å². The van der Waals surface area contributed by atoms with Crippen molar-refractivity contribution in [2.75, 3.05) is 0 Å². The second-order valence-electron chi connectivity index (χ2n) is 2.76. The monoisotopic (exact) mass is 318 g/mol. The quantitative estimate of drug-likeness (QED) is 0.418. The van der Waals surface area contributed by atoms with Crippen LogP contribution in [0.5, 0.6) is 0 Å². The first kappa shape index (κ1) is 8.49. The normalized spacial score (nSPS) is 17.4. The highest BCUT2D eigenvalue weighted by molar-refractivity contribution is 14.2. The molecular formula is C9H3IO3S. The molecule has 0 unspecified atom stereocenters. The average Bonchev–Trinajstić information content (AvgIpc) is 2.66. The zero-order valence-corrected chi connectivity index (χ0v) is 9.72. The van der Waals surface area contributed by atoms with E-state index in [4.69, 9.17) is 0 Å². The third kappa shape index (κ3) is 0.992. The van der Waals surface area contributed by atoms with Crippen LogP contribution in [0.1, 0.15) is 25.6 Å². The van der Waals surface area contributed by atoms with Crippen LogP contribution in [0.3, 0.4) is 0 Å². The highest BCUT2D eigenvalue weighted by Gasteiger charge is 2.36. The van der Waals surface area contributed by atoms with Gasteiger partial charge < -0.3 is 4.74 Å². The van der Waals surface area contributed by atoms with Gasteiger partial charge in [-0.2, -0.15) is 0 Å². The van der Waals surface area contributed by atoms with E-state index < -0.39 is 11.9 Å². The predicted octanol–water partition coefficient (Wildman–Crippen LogP) is 2.03. The lowest BCUT2D eigenvalue weighted by Crippen LogP contribution is -1.99. The number of cyclic esters (lactones) is 2. The molecule has 5 heteroatoms. The van der Waals surface area contributed by atoms with Crippen molar-refractivity contribution in [3.63, 3.8) is 0 Å². The smallest absolute Gasteiger partial charge is 0.357 e. The molecular weight excluding hydrogens is 315 g/mol. The SMILES string of the molecule is O=C1OC(=O)c2c1sc1c2C=CC=I1. The van der Waals surface area contributed by atoms with E-state index >= 15 is 0 Å². The summed E-state index contributed by atoms with van der Waals surface area (Å²) in [5, 5.41) is 0. The van der Waals surface area contributed by atoms with Crippen molar-refractivity contribution in [1.29, 1.82) is 0 Å². The first-order chi connectivity index (χ1) is 6.77. The zero-order valence-electron chi connectivity index (χ0n) is 6.74. The van der Waals surface area contributed by atoms with Crippen molar-refractivity contribution in [2.45, 2.75) is 0 Å². The molecule has 0 spiro atoms. The molecule has 70 valence electrons. The van der Waals surface area contributed by atoms with Gasteiger partial charge in [0.1, 0.15) is 4.88 Å². The summed E-state index contributed by atoms with van der Waals surface area (Å²) in [5.41, 5.74) is 1.40. The molecule has 0 saturated heterocycles. The summed E-state index contributed by atoms with van der Waals surface area (Å²) in [6.45, 7) is 0. The van der Waals surface area contributed by atoms with Gasteiger partial charge in [-0.25, -0.2) is 9.59 Å². The number of carbonyl (C=O) groups is 2. The molecule has 1 aromatic rings. The largest absolute Gasteiger partial charge is 0.385 e. The van der Waals surface area contributed by atoms with Crippen LogP contribution in [0.2, 0.25) is 0 Å². The van der Waals surface area contributed by atoms with Crippen molar-refractivity contribution in [2.24, 2.45) is 0 Å². The van der Waals surface area contributed by atoms with Crippen LogP contribution in [0, 0.1) is 2.88 Å². The van der Waals surface area contributed by atoms with E-state index in [1.807, 2.05) is 12.2 Å². The van der Waals surface area contributed by atoms with Crippen LogP contribution in [-0.2, 0) is 4.74 Å². The van der Waals surface area contributed by atoms with Gasteiger partial charge in [-0.15, -0.1) is 11.3 Å². The molecule has 2 aliphatic rings. The van der Waals surface area contributed by atoms with Crippen molar-refractivity contribution < 1.29 is 14.3 Å². The fourth-order valence-electron chi connectivity index (χ4n) is 1.40. The number of carbonyl (C=O) groups excluding carboxylic acids is 2. The van der Waals surface area contributed by atoms with Crippen LogP contribution >= 0.6 is 32.1 Å². The number of halogens is 1. The molecule has 0 amide bonds. The Morgan fingerprint density at radius 2 is 2.14 bits per heavy atom. The van der Waals surface area contributed by atoms with E-state index in [0.29, 0.717) is 10.4 Å². The van der Waals surface area contributed by atoms with E-state index in [0.717, 1.165) is 5.56 Å². The Labute approximate surface area is 93.1 Å². The number of thiophene rings is 1. The first-order valence-electron chi connectivity index (χ1n) is 3.84. The van der Waals surface area contributed by atoms with Crippen molar-refractivity contribution in [3.05, 3.63) is 25.0 Å². The molecule has 0 aromatic carbocycles. The first-order valence-corrected chi connectivity index (χ1v) is 6.98. The molecule has 0 atom stereocenters. The minimum Gasteiger partial charge on any atom is -0.385 e. The maximum absolute atomic E-state index is 11.3. The number of rotatable bonds is 0. The standard InChI is InChI=1S/C9H3IO3S/c11-8-5-4-2-1-3-10-7(4)14-6(5)9(12)13-8/h1-3H. The van der Waals surface area contributed by atoms with E-state index in [-0.39, 0.29) is 20.7 Å². The van der Waals surface area contributed by atoms with Crippen molar-refractivity contribution in [1.82, 2.24) is 0 Å². The lowest BCUT2D eigenvalue weighted by molar-refractivity contribution is 0.0445. The van der Waals surface area contributed by atoms with Gasteiger partial charge in [-0.05, 0) is 4.01 Å². The molecule has 2 aliphatic heterocycles. The molecule has 3 nitrogen and oxygen atoms in total. The van der Waals surface area contributed by atoms with Crippen molar-refractivity contribution >= 4 is 54.1 Å². The highest BCUT2D eigenvalue weighted by Crippen LogP contribution is 2.38. The molecule has 0 bridgehead atoms. The third-order valence-electron chi connectivity index (χ3n) is 1.97. The molecule has 0 saturated carbocycles. The second kappa shape index (κ2) is 2.83. The summed E-state index contributed by atoms with van der Waals surface area (Å²) in [4.78, 5) is 23.1. The lowest BCUT2D eigenvalue weighted by Gasteiger charge is -1.97. The van der Waals surface area contributed by atoms with Gasteiger partial charge in [0.15, 0.2) is 0 Å². The van der Waals surface area contributed by atoms with Crippen LogP contribution in [0.4, 0.5) is 0 Å². The van der Waals surface area contributed by atoms with E-state index in [2.05, 4.69) is 8.75 Å². The van der Waals surface area contributed by atoms with Gasteiger partial charge in [0, 0.05) is 5.56 Å². The van der Waals surface area contributed by atoms with Gasteiger partial charge in [0.25, 0.3) is 0 Å². The molecule has 0 N–H and O–H groups in total. The Kier molecular flexibility index (Phi) is 1.72. The summed E-state index contributed by atoms with van der Waals surface area (Å²) in [6.07, 6.45) is 3.83. The van der Waals surface area contributed by atoms with Crippen LogP contribution < -0.4 is 0 Å². The molecule has 14 heavy (non-hydrogen) atoms. The van der Waals surface area contributed by atoms with Gasteiger partial charge in [0.05, 0.1) is 8.45 Å². The summed E-state index contributed by atoms with van der Waals surface area (Å²) >= 11 is 1.24. The fraction of sp³-hybridized carbons (Fsp3) is 0. The molecule has 0 fully saturated rings. The summed E-state index contributed by atoms with van der Waals surface area (Å²) in [5.74, 6) is -0.972. The number of hydrogen-bond acceptors (Lipinski definition) is 4. The Bertz CT molecular complexity index is 524. The van der Waals surface area contributed by atoms with E-state index in [9.17, 15) is 9.59 Å². The minimum atomic E-state index is -0.488. The molecule has 1 aromatic heterocycles. The number of allylic oxidation sites excluding steroid dienone is 1. The maximum atomic E-state index is 11.3. The van der Waals surface area contributed by atoms with Crippen LogP contribution in [0.25, 0.3) is 6.08 Å². The van der Waals surface area contributed by atoms with Gasteiger partial charge >= 0.3 is 11.9 Å². The predicted molar refractivity (Wildman–Crippen MR) is 61.9 cm³/mol. The Morgan fingerprint density at radius 3 is 3.00 bits per heavy atom. The number of hydrogen-bond donors (Lipinski definition) is 0. The molecule has 0 radical (unpaired) electrons. The zero-order chi connectivity index (χ0) is 9.71. The van der Waals surface area contributed by atoms with E-state index in [1.54, 1.807) is 0 Å². The Balaban J connectivity index is 2.36. The molecule has 3 heterocycles. The molecule has 3 rings (SSSR count). The summed E-state index contributed by atoms with van der Waals surface area (Å²) in [7, 11) is 0. The topological polar surface area (TPSA) is 43.4 Å². The van der Waals surface area contributed by atoms with Gasteiger partial charge in [-0.1, -0.05) is 32.9 Å². The maximum Gasteiger partial charge on any atom is 0.357 e. The second-order valence-corrected chi connectivity index (χ2v) is 6.94. The average molecular weight is 318 g/mol. The van der Waals surface area contributed by atoms with Crippen LogP contribution in [0.15, 0.2) is 6.08 Å². The fourth-order valence-corrected chi connectivity index (χ4v) is 5.24. The summed E-state index contributed by atoms with van der Waals surface area (Å²) < 4.78 is 7.83. The number of esters is 2. The third-order valence-corrected chi connectivity index (χ3v) is 6.13. The van der Waals surface area contributed by atoms with Crippen LogP contribution in [-0.4, -0.2) is 16.0 Å². The van der Waals surface area contributed by atoms with Crippen molar-refractivity contribution in [3.8, 4) is 0 Å².